The number of anilines is 2. The van der Waals surface area contributed by atoms with Crippen LogP contribution in [0, 0.1) is 5.92 Å². The Kier molecular flexibility index (Phi) is 4.43. The third-order valence-electron chi connectivity index (χ3n) is 4.63. The highest BCUT2D eigenvalue weighted by atomic mass is 16.2. The topological polar surface area (TPSA) is 47.9 Å². The van der Waals surface area contributed by atoms with E-state index in [0.29, 0.717) is 0 Å². The largest absolute Gasteiger partial charge is 0.369 e. The Morgan fingerprint density at radius 3 is 2.50 bits per heavy atom. The molecule has 1 saturated heterocycles. The Labute approximate surface area is 132 Å². The summed E-state index contributed by atoms with van der Waals surface area (Å²) < 4.78 is 0. The van der Waals surface area contributed by atoms with Gasteiger partial charge in [-0.3, -0.25) is 14.7 Å². The fourth-order valence-corrected chi connectivity index (χ4v) is 2.96. The predicted octanol–water partition coefficient (Wildman–Crippen LogP) is 1.89. The lowest BCUT2D eigenvalue weighted by molar-refractivity contribution is -0.119. The van der Waals surface area contributed by atoms with Crippen LogP contribution in [0.5, 0.6) is 0 Å². The number of nitrogens with one attached hydrogen (secondary N) is 1. The van der Waals surface area contributed by atoms with Crippen molar-refractivity contribution in [1.29, 1.82) is 0 Å². The van der Waals surface area contributed by atoms with Crippen LogP contribution in [0.15, 0.2) is 29.3 Å². The second-order valence-corrected chi connectivity index (χ2v) is 6.06. The number of amides is 1. The maximum Gasteiger partial charge on any atom is 0.257 e. The molecule has 1 aromatic rings. The summed E-state index contributed by atoms with van der Waals surface area (Å²) >= 11 is 0. The Morgan fingerprint density at radius 2 is 1.86 bits per heavy atom. The number of hydrogen-bond acceptors (Lipinski definition) is 4. The van der Waals surface area contributed by atoms with E-state index in [4.69, 9.17) is 0 Å². The first-order valence-corrected chi connectivity index (χ1v) is 8.13. The van der Waals surface area contributed by atoms with Gasteiger partial charge in [0.15, 0.2) is 0 Å². The SMILES string of the molecule is CCC(C)C1N=CN(c2ccc(N3CCNCC3)cc2)C1=O. The number of carbonyl (C=O) groups is 1. The molecule has 0 saturated carbocycles. The molecule has 0 aromatic heterocycles. The third kappa shape index (κ3) is 2.86. The van der Waals surface area contributed by atoms with Gasteiger partial charge in [0, 0.05) is 31.9 Å². The number of aliphatic imine (C=N–C) groups is 1. The molecule has 118 valence electrons. The number of nitrogens with zero attached hydrogens (tertiary/aromatic N) is 3. The highest BCUT2D eigenvalue weighted by Gasteiger charge is 2.32. The van der Waals surface area contributed by atoms with E-state index in [2.05, 4.69) is 41.2 Å². The zero-order valence-corrected chi connectivity index (χ0v) is 13.3. The molecule has 2 atom stereocenters. The molecule has 5 nitrogen and oxygen atoms in total. The van der Waals surface area contributed by atoms with Gasteiger partial charge in [-0.15, -0.1) is 0 Å². The van der Waals surface area contributed by atoms with Crippen LogP contribution in [0.2, 0.25) is 0 Å². The summed E-state index contributed by atoms with van der Waals surface area (Å²) in [5.74, 6) is 0.373. The Bertz CT molecular complexity index is 548. The zero-order chi connectivity index (χ0) is 15.5. The molecule has 1 fully saturated rings. The van der Waals surface area contributed by atoms with Gasteiger partial charge in [-0.2, -0.15) is 0 Å². The molecule has 2 unspecified atom stereocenters. The van der Waals surface area contributed by atoms with E-state index in [1.165, 1.54) is 5.69 Å². The van der Waals surface area contributed by atoms with Crippen LogP contribution in [0.4, 0.5) is 11.4 Å². The van der Waals surface area contributed by atoms with Gasteiger partial charge in [0.1, 0.15) is 6.04 Å². The fraction of sp³-hybridized carbons (Fsp3) is 0.529. The molecule has 2 heterocycles. The lowest BCUT2D eigenvalue weighted by Crippen LogP contribution is -2.43. The molecule has 2 aliphatic heterocycles. The minimum absolute atomic E-state index is 0.0873. The van der Waals surface area contributed by atoms with Gasteiger partial charge in [0.2, 0.25) is 0 Å². The molecule has 0 radical (unpaired) electrons. The van der Waals surface area contributed by atoms with E-state index in [0.717, 1.165) is 38.3 Å². The highest BCUT2D eigenvalue weighted by Crippen LogP contribution is 2.25. The van der Waals surface area contributed by atoms with Gasteiger partial charge in [-0.1, -0.05) is 20.3 Å². The second-order valence-electron chi connectivity index (χ2n) is 6.06. The van der Waals surface area contributed by atoms with E-state index < -0.39 is 0 Å². The second kappa shape index (κ2) is 6.48. The monoisotopic (exact) mass is 300 g/mol. The molecule has 0 spiro atoms. The highest BCUT2D eigenvalue weighted by molar-refractivity contribution is 6.14. The summed E-state index contributed by atoms with van der Waals surface area (Å²) in [4.78, 5) is 20.9. The maximum absolute atomic E-state index is 12.5. The van der Waals surface area contributed by atoms with Crippen LogP contribution in [0.1, 0.15) is 20.3 Å². The standard InChI is InChI=1S/C17H24N4O/c1-3-13(2)16-17(22)21(12-19-16)15-6-4-14(5-7-15)20-10-8-18-9-11-20/h4-7,12-13,16,18H,3,8-11H2,1-2H3. The number of carbonyl (C=O) groups excluding carboxylic acids is 1. The van der Waals surface area contributed by atoms with Gasteiger partial charge in [0.25, 0.3) is 5.91 Å². The average molecular weight is 300 g/mol. The van der Waals surface area contributed by atoms with Crippen molar-refractivity contribution in [2.75, 3.05) is 36.0 Å². The first kappa shape index (κ1) is 15.0. The molecule has 3 rings (SSSR count). The minimum atomic E-state index is -0.224. The number of benzene rings is 1. The molecule has 0 aliphatic carbocycles. The van der Waals surface area contributed by atoms with Gasteiger partial charge in [-0.05, 0) is 30.2 Å². The summed E-state index contributed by atoms with van der Waals surface area (Å²) in [5.41, 5.74) is 2.12. The number of piperazine rings is 1. The first-order chi connectivity index (χ1) is 10.7. The van der Waals surface area contributed by atoms with Crippen molar-refractivity contribution in [3.63, 3.8) is 0 Å². The summed E-state index contributed by atoms with van der Waals surface area (Å²) in [6.07, 6.45) is 2.64. The number of rotatable bonds is 4. The molecular formula is C17H24N4O. The van der Waals surface area contributed by atoms with Crippen LogP contribution < -0.4 is 15.1 Å². The van der Waals surface area contributed by atoms with Crippen LogP contribution in [0.3, 0.4) is 0 Å². The van der Waals surface area contributed by atoms with E-state index >= 15 is 0 Å². The molecule has 1 aromatic carbocycles. The van der Waals surface area contributed by atoms with E-state index in [1.54, 1.807) is 11.2 Å². The maximum atomic E-state index is 12.5. The smallest absolute Gasteiger partial charge is 0.257 e. The molecule has 5 heteroatoms. The Hall–Kier alpha value is -1.88. The van der Waals surface area contributed by atoms with E-state index in [1.807, 2.05) is 12.1 Å². The zero-order valence-electron chi connectivity index (χ0n) is 13.3. The van der Waals surface area contributed by atoms with E-state index in [9.17, 15) is 4.79 Å². The summed E-state index contributed by atoms with van der Waals surface area (Å²) in [6, 6.07) is 8.00. The summed E-state index contributed by atoms with van der Waals surface area (Å²) in [7, 11) is 0. The van der Waals surface area contributed by atoms with Crippen LogP contribution >= 0.6 is 0 Å². The van der Waals surface area contributed by atoms with Crippen molar-refractivity contribution in [1.82, 2.24) is 5.32 Å². The molecule has 1 N–H and O–H groups in total. The minimum Gasteiger partial charge on any atom is -0.369 e. The normalized spacial score (nSPS) is 23.2. The van der Waals surface area contributed by atoms with Gasteiger partial charge in [0.05, 0.1) is 12.0 Å². The van der Waals surface area contributed by atoms with Gasteiger partial charge in [-0.25, -0.2) is 0 Å². The lowest BCUT2D eigenvalue weighted by Gasteiger charge is -2.29. The predicted molar refractivity (Wildman–Crippen MR) is 90.7 cm³/mol. The summed E-state index contributed by atoms with van der Waals surface area (Å²) in [6.45, 7) is 8.28. The Morgan fingerprint density at radius 1 is 1.23 bits per heavy atom. The quantitative estimate of drug-likeness (QED) is 0.923. The van der Waals surface area contributed by atoms with Crippen LogP contribution in [-0.4, -0.2) is 44.5 Å². The molecule has 22 heavy (non-hydrogen) atoms. The summed E-state index contributed by atoms with van der Waals surface area (Å²) in [5, 5.41) is 3.36. The van der Waals surface area contributed by atoms with Crippen LogP contribution in [0.25, 0.3) is 0 Å². The van der Waals surface area contributed by atoms with Crippen molar-refractivity contribution in [2.24, 2.45) is 10.9 Å². The third-order valence-corrected chi connectivity index (χ3v) is 4.63. The Balaban J connectivity index is 1.71. The molecule has 2 aliphatic rings. The first-order valence-electron chi connectivity index (χ1n) is 8.13. The van der Waals surface area contributed by atoms with Crippen molar-refractivity contribution >= 4 is 23.6 Å². The van der Waals surface area contributed by atoms with E-state index in [-0.39, 0.29) is 17.9 Å². The lowest BCUT2D eigenvalue weighted by atomic mass is 9.99. The van der Waals surface area contributed by atoms with Crippen molar-refractivity contribution < 1.29 is 4.79 Å². The van der Waals surface area contributed by atoms with Crippen molar-refractivity contribution in [3.05, 3.63) is 24.3 Å². The average Bonchev–Trinajstić information content (AvgIpc) is 2.97. The molecule has 0 bridgehead atoms. The molecular weight excluding hydrogens is 276 g/mol. The van der Waals surface area contributed by atoms with Crippen molar-refractivity contribution in [2.45, 2.75) is 26.3 Å². The van der Waals surface area contributed by atoms with Crippen molar-refractivity contribution in [3.8, 4) is 0 Å². The molecule has 1 amide bonds. The van der Waals surface area contributed by atoms with Gasteiger partial charge >= 0.3 is 0 Å². The number of hydrogen-bond donors (Lipinski definition) is 1. The van der Waals surface area contributed by atoms with Crippen LogP contribution in [-0.2, 0) is 4.79 Å². The fourth-order valence-electron chi connectivity index (χ4n) is 2.96. The van der Waals surface area contributed by atoms with Gasteiger partial charge < -0.3 is 10.2 Å².